The van der Waals surface area contributed by atoms with Crippen molar-refractivity contribution in [3.8, 4) is 0 Å². The molecule has 0 aliphatic heterocycles. The second-order valence-corrected chi connectivity index (χ2v) is 3.00. The molecule has 0 fully saturated rings. The molecular formula is C7H5BrN2O. The highest BCUT2D eigenvalue weighted by molar-refractivity contribution is 9.10. The molecule has 2 rings (SSSR count). The van der Waals surface area contributed by atoms with E-state index in [1.54, 1.807) is 18.3 Å². The van der Waals surface area contributed by atoms with Gasteiger partial charge in [-0.05, 0) is 28.1 Å². The van der Waals surface area contributed by atoms with Gasteiger partial charge in [0.25, 0.3) is 0 Å². The highest BCUT2D eigenvalue weighted by atomic mass is 79.9. The highest BCUT2D eigenvalue weighted by Gasteiger charge is 2.04. The van der Waals surface area contributed by atoms with Crippen LogP contribution in [0.25, 0.3) is 11.0 Å². The van der Waals surface area contributed by atoms with Crippen molar-refractivity contribution in [2.45, 2.75) is 0 Å². The van der Waals surface area contributed by atoms with E-state index in [0.29, 0.717) is 5.69 Å². The molecule has 11 heavy (non-hydrogen) atoms. The first-order chi connectivity index (χ1) is 5.29. The lowest BCUT2D eigenvalue weighted by Crippen LogP contribution is -1.84. The summed E-state index contributed by atoms with van der Waals surface area (Å²) >= 11 is 3.33. The van der Waals surface area contributed by atoms with E-state index in [0.717, 1.165) is 15.4 Å². The Hall–Kier alpha value is -1.03. The molecule has 0 radical (unpaired) electrons. The topological polar surface area (TPSA) is 52.0 Å². The minimum absolute atomic E-state index is 0.695. The minimum atomic E-state index is 0.695. The molecule has 0 atom stereocenters. The Morgan fingerprint density at radius 1 is 1.45 bits per heavy atom. The Kier molecular flexibility index (Phi) is 1.35. The number of anilines is 1. The molecule has 3 nitrogen and oxygen atoms in total. The fraction of sp³-hybridized carbons (Fsp3) is 0. The van der Waals surface area contributed by atoms with Crippen molar-refractivity contribution in [3.63, 3.8) is 0 Å². The van der Waals surface area contributed by atoms with Crippen LogP contribution in [-0.2, 0) is 0 Å². The molecule has 0 aliphatic carbocycles. The molecule has 0 spiro atoms. The smallest absolute Gasteiger partial charge is 0.168 e. The van der Waals surface area contributed by atoms with E-state index in [4.69, 9.17) is 10.3 Å². The summed E-state index contributed by atoms with van der Waals surface area (Å²) < 4.78 is 5.76. The Morgan fingerprint density at radius 2 is 2.27 bits per heavy atom. The van der Waals surface area contributed by atoms with Crippen LogP contribution in [0.15, 0.2) is 27.3 Å². The third-order valence-electron chi connectivity index (χ3n) is 1.50. The van der Waals surface area contributed by atoms with Crippen LogP contribution >= 0.6 is 15.9 Å². The second kappa shape index (κ2) is 2.23. The van der Waals surface area contributed by atoms with Gasteiger partial charge in [-0.3, -0.25) is 0 Å². The number of hydrogen-bond acceptors (Lipinski definition) is 3. The second-order valence-electron chi connectivity index (χ2n) is 2.21. The number of halogens is 1. The van der Waals surface area contributed by atoms with Gasteiger partial charge in [0.1, 0.15) is 0 Å². The Labute approximate surface area is 71.3 Å². The van der Waals surface area contributed by atoms with Crippen LogP contribution < -0.4 is 5.73 Å². The molecule has 1 aromatic carbocycles. The summed E-state index contributed by atoms with van der Waals surface area (Å²) in [6.45, 7) is 0. The van der Waals surface area contributed by atoms with E-state index in [2.05, 4.69) is 21.1 Å². The van der Waals surface area contributed by atoms with Crippen molar-refractivity contribution in [1.82, 2.24) is 5.16 Å². The first-order valence-corrected chi connectivity index (χ1v) is 3.86. The number of nitrogen functional groups attached to an aromatic ring is 1. The van der Waals surface area contributed by atoms with Crippen LogP contribution in [0.1, 0.15) is 0 Å². The van der Waals surface area contributed by atoms with E-state index in [-0.39, 0.29) is 0 Å². The molecule has 0 amide bonds. The predicted molar refractivity (Wildman–Crippen MR) is 46.1 cm³/mol. The van der Waals surface area contributed by atoms with Crippen LogP contribution in [0.2, 0.25) is 0 Å². The van der Waals surface area contributed by atoms with E-state index in [9.17, 15) is 0 Å². The van der Waals surface area contributed by atoms with Gasteiger partial charge in [0.05, 0.1) is 16.1 Å². The standard InChI is InChI=1S/C7H5BrN2O/c8-7-4-3-10-11-6(4)2-1-5(7)9/h1-3H,9H2. The molecule has 2 N–H and O–H groups in total. The summed E-state index contributed by atoms with van der Waals surface area (Å²) in [6.07, 6.45) is 1.63. The van der Waals surface area contributed by atoms with Crippen LogP contribution in [0.3, 0.4) is 0 Å². The monoisotopic (exact) mass is 212 g/mol. The zero-order valence-corrected chi connectivity index (χ0v) is 7.13. The lowest BCUT2D eigenvalue weighted by atomic mass is 10.2. The van der Waals surface area contributed by atoms with Gasteiger partial charge in [0.2, 0.25) is 0 Å². The van der Waals surface area contributed by atoms with Gasteiger partial charge in [-0.1, -0.05) is 5.16 Å². The van der Waals surface area contributed by atoms with Gasteiger partial charge in [-0.15, -0.1) is 0 Å². The molecule has 0 aliphatic rings. The van der Waals surface area contributed by atoms with E-state index < -0.39 is 0 Å². The number of nitrogens with zero attached hydrogens (tertiary/aromatic N) is 1. The van der Waals surface area contributed by atoms with Gasteiger partial charge in [-0.2, -0.15) is 0 Å². The molecule has 56 valence electrons. The number of nitrogens with two attached hydrogens (primary N) is 1. The van der Waals surface area contributed by atoms with Crippen molar-refractivity contribution in [1.29, 1.82) is 0 Å². The van der Waals surface area contributed by atoms with Crippen LogP contribution in [0.5, 0.6) is 0 Å². The van der Waals surface area contributed by atoms with Crippen molar-refractivity contribution in [2.75, 3.05) is 5.73 Å². The zero-order valence-electron chi connectivity index (χ0n) is 5.54. The molecule has 0 saturated heterocycles. The number of benzene rings is 1. The lowest BCUT2D eigenvalue weighted by Gasteiger charge is -1.95. The third-order valence-corrected chi connectivity index (χ3v) is 2.39. The summed E-state index contributed by atoms with van der Waals surface area (Å²) in [5.74, 6) is 0. The molecule has 0 bridgehead atoms. The minimum Gasteiger partial charge on any atom is -0.398 e. The molecule has 0 unspecified atom stereocenters. The first kappa shape index (κ1) is 6.67. The number of aromatic nitrogens is 1. The van der Waals surface area contributed by atoms with Gasteiger partial charge in [-0.25, -0.2) is 0 Å². The van der Waals surface area contributed by atoms with Gasteiger partial charge in [0, 0.05) is 5.69 Å². The normalized spacial score (nSPS) is 10.6. The summed E-state index contributed by atoms with van der Waals surface area (Å²) in [5, 5.41) is 4.55. The maximum Gasteiger partial charge on any atom is 0.168 e. The molecule has 1 aromatic heterocycles. The Bertz CT molecular complexity index is 396. The Balaban J connectivity index is 2.93. The van der Waals surface area contributed by atoms with E-state index in [1.165, 1.54) is 0 Å². The lowest BCUT2D eigenvalue weighted by molar-refractivity contribution is 0.456. The van der Waals surface area contributed by atoms with E-state index >= 15 is 0 Å². The molecule has 2 aromatic rings. The quantitative estimate of drug-likeness (QED) is 0.682. The van der Waals surface area contributed by atoms with Crippen LogP contribution in [0.4, 0.5) is 5.69 Å². The predicted octanol–water partition coefficient (Wildman–Crippen LogP) is 2.17. The fourth-order valence-electron chi connectivity index (χ4n) is 0.928. The van der Waals surface area contributed by atoms with Crippen molar-refractivity contribution < 1.29 is 4.52 Å². The zero-order chi connectivity index (χ0) is 7.84. The molecule has 4 heteroatoms. The van der Waals surface area contributed by atoms with Gasteiger partial charge in [0.15, 0.2) is 5.58 Å². The van der Waals surface area contributed by atoms with Crippen molar-refractivity contribution in [2.24, 2.45) is 0 Å². The van der Waals surface area contributed by atoms with Gasteiger partial charge < -0.3 is 10.3 Å². The van der Waals surface area contributed by atoms with Crippen LogP contribution in [0, 0.1) is 0 Å². The maximum atomic E-state index is 5.63. The number of hydrogen-bond donors (Lipinski definition) is 1. The van der Waals surface area contributed by atoms with Gasteiger partial charge >= 0.3 is 0 Å². The average Bonchev–Trinajstić information content (AvgIpc) is 2.45. The third kappa shape index (κ3) is 0.903. The fourth-order valence-corrected chi connectivity index (χ4v) is 1.36. The number of fused-ring (bicyclic) bond motifs is 1. The summed E-state index contributed by atoms with van der Waals surface area (Å²) in [6, 6.07) is 3.57. The molecule has 0 saturated carbocycles. The largest absolute Gasteiger partial charge is 0.398 e. The summed E-state index contributed by atoms with van der Waals surface area (Å²) in [5.41, 5.74) is 7.07. The van der Waals surface area contributed by atoms with Crippen molar-refractivity contribution in [3.05, 3.63) is 22.8 Å². The maximum absolute atomic E-state index is 5.63. The molecular weight excluding hydrogens is 208 g/mol. The summed E-state index contributed by atoms with van der Waals surface area (Å²) in [4.78, 5) is 0. The Morgan fingerprint density at radius 3 is 3.09 bits per heavy atom. The van der Waals surface area contributed by atoms with E-state index in [1.807, 2.05) is 0 Å². The molecule has 1 heterocycles. The van der Waals surface area contributed by atoms with Crippen molar-refractivity contribution >= 4 is 32.6 Å². The number of rotatable bonds is 0. The average molecular weight is 213 g/mol. The summed E-state index contributed by atoms with van der Waals surface area (Å²) in [7, 11) is 0. The SMILES string of the molecule is Nc1ccc2oncc2c1Br. The first-order valence-electron chi connectivity index (χ1n) is 3.07. The highest BCUT2D eigenvalue weighted by Crippen LogP contribution is 2.28. The van der Waals surface area contributed by atoms with Crippen LogP contribution in [-0.4, -0.2) is 5.16 Å².